The Hall–Kier alpha value is -3.35. The SMILES string of the molecule is CC.CC.CC(C)=O.CCCC(CCC)N1C(=O)N(C)Cc2cnc3ccc(-c4ccc(C)nc4)nc3c21. The number of nitrogens with zero attached hydrogens (tertiary/aromatic N) is 5. The van der Waals surface area contributed by atoms with Crippen molar-refractivity contribution in [1.29, 1.82) is 0 Å². The van der Waals surface area contributed by atoms with Gasteiger partial charge in [-0.1, -0.05) is 54.4 Å². The third-order valence-corrected chi connectivity index (χ3v) is 5.76. The van der Waals surface area contributed by atoms with Crippen LogP contribution in [0.2, 0.25) is 0 Å². The molecule has 1 aliphatic heterocycles. The summed E-state index contributed by atoms with van der Waals surface area (Å²) in [5, 5.41) is 0. The summed E-state index contributed by atoms with van der Waals surface area (Å²) < 4.78 is 0. The summed E-state index contributed by atoms with van der Waals surface area (Å²) in [7, 11) is 1.86. The Kier molecular flexibility index (Phi) is 14.2. The van der Waals surface area contributed by atoms with E-state index in [0.717, 1.165) is 64.9 Å². The van der Waals surface area contributed by atoms with Gasteiger partial charge in [0.15, 0.2) is 0 Å². The van der Waals surface area contributed by atoms with Gasteiger partial charge in [-0.3, -0.25) is 14.9 Å². The molecule has 0 spiro atoms. The van der Waals surface area contributed by atoms with Crippen LogP contribution in [-0.4, -0.2) is 44.8 Å². The number of Topliss-reactive ketones (excluding diaryl/α,β-unsaturated/α-hetero) is 1. The second-order valence-corrected chi connectivity index (χ2v) is 9.03. The molecule has 0 saturated carbocycles. The first-order chi connectivity index (χ1) is 18.3. The standard InChI is InChI=1S/C24H29N5O.C3H6O.2C2H6/c1-5-7-19(8-6-2)29-23-18(15-28(4)24(29)30)14-26-21-12-11-20(27-22(21)23)17-10-9-16(3)25-13-17;1-3(2)4;2*1-2/h9-14,19H,5-8,15H2,1-4H3;1-2H3;2*1-2H3. The summed E-state index contributed by atoms with van der Waals surface area (Å²) in [4.78, 5) is 40.6. The molecule has 0 unspecified atom stereocenters. The maximum atomic E-state index is 13.3. The highest BCUT2D eigenvalue weighted by Gasteiger charge is 2.35. The molecule has 0 N–H and O–H groups in total. The zero-order valence-electron chi connectivity index (χ0n) is 25.1. The highest BCUT2D eigenvalue weighted by molar-refractivity contribution is 6.04. The Morgan fingerprint density at radius 2 is 1.55 bits per heavy atom. The Balaban J connectivity index is 0.000000811. The number of anilines is 1. The van der Waals surface area contributed by atoms with Gasteiger partial charge in [0.2, 0.25) is 0 Å². The number of carbonyl (C=O) groups excluding carboxylic acids is 2. The van der Waals surface area contributed by atoms with Crippen LogP contribution in [0.5, 0.6) is 0 Å². The molecule has 0 aromatic carbocycles. The predicted octanol–water partition coefficient (Wildman–Crippen LogP) is 7.99. The maximum Gasteiger partial charge on any atom is 0.324 e. The van der Waals surface area contributed by atoms with Crippen LogP contribution >= 0.6 is 0 Å². The van der Waals surface area contributed by atoms with Gasteiger partial charge in [-0.05, 0) is 57.9 Å². The van der Waals surface area contributed by atoms with E-state index in [4.69, 9.17) is 4.98 Å². The van der Waals surface area contributed by atoms with Gasteiger partial charge in [0.1, 0.15) is 11.3 Å². The fourth-order valence-corrected chi connectivity index (χ4v) is 4.27. The molecule has 0 saturated heterocycles. The molecule has 2 amide bonds. The molecule has 4 rings (SSSR count). The quantitative estimate of drug-likeness (QED) is 0.328. The topological polar surface area (TPSA) is 79.3 Å². The molecule has 7 nitrogen and oxygen atoms in total. The molecule has 0 aliphatic carbocycles. The summed E-state index contributed by atoms with van der Waals surface area (Å²) in [6.07, 6.45) is 7.75. The van der Waals surface area contributed by atoms with Crippen molar-refractivity contribution in [1.82, 2.24) is 19.9 Å². The molecule has 0 atom stereocenters. The third-order valence-electron chi connectivity index (χ3n) is 5.76. The number of aryl methyl sites for hydroxylation is 1. The lowest BCUT2D eigenvalue weighted by Crippen LogP contribution is -2.50. The van der Waals surface area contributed by atoms with Gasteiger partial charge in [0.05, 0.1) is 23.4 Å². The molecule has 3 aromatic rings. The van der Waals surface area contributed by atoms with Crippen molar-refractivity contribution in [2.75, 3.05) is 11.9 Å². The van der Waals surface area contributed by atoms with Crippen molar-refractivity contribution in [2.45, 2.75) is 101 Å². The van der Waals surface area contributed by atoms with Gasteiger partial charge < -0.3 is 9.69 Å². The summed E-state index contributed by atoms with van der Waals surface area (Å²) in [5.74, 6) is 0.167. The van der Waals surface area contributed by atoms with E-state index in [9.17, 15) is 9.59 Å². The van der Waals surface area contributed by atoms with Crippen molar-refractivity contribution in [3.05, 3.63) is 47.9 Å². The average Bonchev–Trinajstić information content (AvgIpc) is 2.91. The zero-order chi connectivity index (χ0) is 28.8. The summed E-state index contributed by atoms with van der Waals surface area (Å²) >= 11 is 0. The van der Waals surface area contributed by atoms with Crippen LogP contribution in [0.25, 0.3) is 22.3 Å². The van der Waals surface area contributed by atoms with Gasteiger partial charge in [-0.2, -0.15) is 0 Å². The lowest BCUT2D eigenvalue weighted by molar-refractivity contribution is -0.115. The molecular weight excluding hydrogens is 474 g/mol. The van der Waals surface area contributed by atoms with E-state index in [0.29, 0.717) is 6.54 Å². The monoisotopic (exact) mass is 521 g/mol. The highest BCUT2D eigenvalue weighted by atomic mass is 16.2. The molecule has 4 heterocycles. The number of aromatic nitrogens is 3. The number of ketones is 1. The zero-order valence-corrected chi connectivity index (χ0v) is 25.1. The van der Waals surface area contributed by atoms with E-state index < -0.39 is 0 Å². The van der Waals surface area contributed by atoms with Gasteiger partial charge in [0.25, 0.3) is 0 Å². The minimum Gasteiger partial charge on any atom is -0.323 e. The van der Waals surface area contributed by atoms with Crippen molar-refractivity contribution in [2.24, 2.45) is 0 Å². The molecule has 3 aromatic heterocycles. The molecular formula is C31H47N5O2. The largest absolute Gasteiger partial charge is 0.324 e. The van der Waals surface area contributed by atoms with E-state index in [1.807, 2.05) is 83.2 Å². The van der Waals surface area contributed by atoms with Crippen molar-refractivity contribution in [3.63, 3.8) is 0 Å². The van der Waals surface area contributed by atoms with Crippen molar-refractivity contribution >= 4 is 28.5 Å². The van der Waals surface area contributed by atoms with E-state index in [1.54, 1.807) is 4.90 Å². The van der Waals surface area contributed by atoms with Gasteiger partial charge in [-0.25, -0.2) is 9.78 Å². The van der Waals surface area contributed by atoms with E-state index >= 15 is 0 Å². The average molecular weight is 522 g/mol. The summed E-state index contributed by atoms with van der Waals surface area (Å²) in [5.41, 5.74) is 6.37. The maximum absolute atomic E-state index is 13.3. The van der Waals surface area contributed by atoms with Crippen molar-refractivity contribution < 1.29 is 9.59 Å². The normalized spacial score (nSPS) is 12.0. The Morgan fingerprint density at radius 1 is 0.947 bits per heavy atom. The molecule has 7 heteroatoms. The van der Waals surface area contributed by atoms with E-state index in [-0.39, 0.29) is 17.9 Å². The number of fused-ring (bicyclic) bond motifs is 3. The molecule has 0 fully saturated rings. The molecule has 1 aliphatic rings. The minimum absolute atomic E-state index is 0.0473. The van der Waals surface area contributed by atoms with Crippen LogP contribution in [0.3, 0.4) is 0 Å². The molecule has 0 radical (unpaired) electrons. The Labute approximate surface area is 229 Å². The first kappa shape index (κ1) is 32.7. The fourth-order valence-electron chi connectivity index (χ4n) is 4.27. The number of rotatable bonds is 6. The second-order valence-electron chi connectivity index (χ2n) is 9.03. The number of urea groups is 1. The predicted molar refractivity (Wildman–Crippen MR) is 160 cm³/mol. The minimum atomic E-state index is 0.0473. The van der Waals surface area contributed by atoms with Gasteiger partial charge in [-0.15, -0.1) is 0 Å². The molecule has 208 valence electrons. The first-order valence-corrected chi connectivity index (χ1v) is 14.0. The van der Waals surface area contributed by atoms with Crippen LogP contribution in [0.1, 0.15) is 92.3 Å². The van der Waals surface area contributed by atoms with Crippen LogP contribution in [-0.2, 0) is 11.3 Å². The van der Waals surface area contributed by atoms with Crippen LogP contribution < -0.4 is 4.90 Å². The number of hydrogen-bond donors (Lipinski definition) is 0. The summed E-state index contributed by atoms with van der Waals surface area (Å²) in [6, 6.07) is 8.20. The van der Waals surface area contributed by atoms with Gasteiger partial charge >= 0.3 is 6.03 Å². The van der Waals surface area contributed by atoms with Crippen LogP contribution in [0, 0.1) is 6.92 Å². The number of amides is 2. The van der Waals surface area contributed by atoms with E-state index in [1.165, 1.54) is 13.8 Å². The number of carbonyl (C=O) groups is 2. The number of hydrogen-bond acceptors (Lipinski definition) is 5. The first-order valence-electron chi connectivity index (χ1n) is 14.0. The third kappa shape index (κ3) is 8.33. The Morgan fingerprint density at radius 3 is 2.08 bits per heavy atom. The van der Waals surface area contributed by atoms with E-state index in [2.05, 4.69) is 23.8 Å². The summed E-state index contributed by atoms with van der Waals surface area (Å²) in [6.45, 7) is 17.9. The second kappa shape index (κ2) is 16.5. The fraction of sp³-hybridized carbons (Fsp3) is 0.516. The molecule has 38 heavy (non-hydrogen) atoms. The lowest BCUT2D eigenvalue weighted by atomic mass is 10.0. The lowest BCUT2D eigenvalue weighted by Gasteiger charge is -2.40. The highest BCUT2D eigenvalue weighted by Crippen LogP contribution is 2.37. The van der Waals surface area contributed by atoms with Gasteiger partial charge in [0, 0.05) is 42.3 Å². The van der Waals surface area contributed by atoms with Crippen LogP contribution in [0.15, 0.2) is 36.7 Å². The molecule has 0 bridgehead atoms. The Bertz CT molecular complexity index is 1150. The van der Waals surface area contributed by atoms with Crippen molar-refractivity contribution in [3.8, 4) is 11.3 Å². The smallest absolute Gasteiger partial charge is 0.323 e. The van der Waals surface area contributed by atoms with Crippen LogP contribution in [0.4, 0.5) is 10.5 Å². The number of pyridine rings is 3.